The van der Waals surface area contributed by atoms with E-state index in [-0.39, 0.29) is 5.92 Å². The van der Waals surface area contributed by atoms with Gasteiger partial charge in [0.15, 0.2) is 0 Å². The van der Waals surface area contributed by atoms with Crippen LogP contribution in [0.3, 0.4) is 0 Å². The van der Waals surface area contributed by atoms with Gasteiger partial charge in [0, 0.05) is 19.6 Å². The van der Waals surface area contributed by atoms with Crippen LogP contribution in [0.2, 0.25) is 0 Å². The zero-order chi connectivity index (χ0) is 18.7. The quantitative estimate of drug-likeness (QED) is 0.761. The monoisotopic (exact) mass is 357 g/mol. The van der Waals surface area contributed by atoms with Gasteiger partial charge < -0.3 is 9.84 Å². The molecule has 0 aromatic heterocycles. The lowest BCUT2D eigenvalue weighted by molar-refractivity contribution is -0.147. The number of carboxylic acid groups (broad SMARTS) is 1. The van der Waals surface area contributed by atoms with E-state index in [4.69, 9.17) is 9.84 Å². The lowest BCUT2D eigenvalue weighted by Gasteiger charge is -2.38. The number of hydrogen-bond donors (Lipinski definition) is 1. The van der Waals surface area contributed by atoms with Crippen molar-refractivity contribution in [3.8, 4) is 5.75 Å². The van der Waals surface area contributed by atoms with Gasteiger partial charge in [-0.05, 0) is 47.9 Å². The van der Waals surface area contributed by atoms with E-state index < -0.39 is 5.97 Å². The molecular weight excluding hydrogens is 326 g/mol. The van der Waals surface area contributed by atoms with Gasteiger partial charge in [-0.2, -0.15) is 0 Å². The zero-order valence-electron chi connectivity index (χ0n) is 16.2. The van der Waals surface area contributed by atoms with Gasteiger partial charge in [0.1, 0.15) is 5.75 Å². The molecule has 1 aliphatic carbocycles. The van der Waals surface area contributed by atoms with Crippen molar-refractivity contribution in [1.82, 2.24) is 4.90 Å². The second-order valence-corrected chi connectivity index (χ2v) is 8.06. The Hall–Kier alpha value is -1.81. The van der Waals surface area contributed by atoms with Gasteiger partial charge in [0.05, 0.1) is 12.5 Å². The number of hydrogen-bond acceptors (Lipinski definition) is 3. The van der Waals surface area contributed by atoms with Crippen LogP contribution in [0.1, 0.15) is 44.7 Å². The lowest BCUT2D eigenvalue weighted by atomic mass is 9.83. The minimum atomic E-state index is -0.668. The molecule has 26 heavy (non-hydrogen) atoms. The van der Waals surface area contributed by atoms with Crippen molar-refractivity contribution in [2.75, 3.05) is 26.2 Å². The average molecular weight is 357 g/mol. The number of likely N-dealkylation sites (tertiary alicyclic amines) is 1. The van der Waals surface area contributed by atoms with E-state index in [1.165, 1.54) is 23.1 Å². The normalized spacial score (nSPS) is 21.5. The summed E-state index contributed by atoms with van der Waals surface area (Å²) in [5, 5.41) is 9.02. The molecule has 2 atom stereocenters. The fourth-order valence-corrected chi connectivity index (χ4v) is 3.69. The van der Waals surface area contributed by atoms with Gasteiger partial charge >= 0.3 is 5.97 Å². The Morgan fingerprint density at radius 3 is 2.85 bits per heavy atom. The number of nitrogens with zero attached hydrogens (tertiary/aromatic N) is 1. The highest BCUT2D eigenvalue weighted by molar-refractivity contribution is 5.71. The number of rotatable bonds is 8. The highest BCUT2D eigenvalue weighted by Gasteiger charge is 2.33. The predicted octanol–water partition coefficient (Wildman–Crippen LogP) is 4.09. The molecule has 1 unspecified atom stereocenters. The Morgan fingerprint density at radius 2 is 2.15 bits per heavy atom. The third-order valence-electron chi connectivity index (χ3n) is 5.90. The molecule has 0 spiro atoms. The molecule has 1 heterocycles. The van der Waals surface area contributed by atoms with E-state index in [0.717, 1.165) is 31.7 Å². The van der Waals surface area contributed by atoms with Crippen LogP contribution in [0.5, 0.6) is 5.75 Å². The predicted molar refractivity (Wildman–Crippen MR) is 104 cm³/mol. The van der Waals surface area contributed by atoms with Crippen LogP contribution in [0.4, 0.5) is 0 Å². The number of benzene rings is 1. The molecule has 0 amide bonds. The minimum Gasteiger partial charge on any atom is -0.494 e. The third kappa shape index (κ3) is 4.47. The Balaban J connectivity index is 1.59. The number of fused-ring (bicyclic) bond motifs is 1. The molecule has 1 fully saturated rings. The molecule has 0 bridgehead atoms. The molecule has 1 aliphatic heterocycles. The molecular formula is C22H31NO3. The second-order valence-electron chi connectivity index (χ2n) is 8.06. The Morgan fingerprint density at radius 1 is 1.38 bits per heavy atom. The highest BCUT2D eigenvalue weighted by Crippen LogP contribution is 2.32. The van der Waals surface area contributed by atoms with Gasteiger partial charge in [-0.1, -0.05) is 44.9 Å². The van der Waals surface area contributed by atoms with Crippen LogP contribution in [0, 0.1) is 17.8 Å². The molecule has 3 rings (SSSR count). The van der Waals surface area contributed by atoms with Crippen molar-refractivity contribution in [2.45, 2.75) is 40.0 Å². The maximum atomic E-state index is 11.0. The van der Waals surface area contributed by atoms with Crippen LogP contribution in [0.15, 0.2) is 23.8 Å². The summed E-state index contributed by atoms with van der Waals surface area (Å²) in [7, 11) is 0. The van der Waals surface area contributed by atoms with E-state index in [9.17, 15) is 4.79 Å². The topological polar surface area (TPSA) is 49.8 Å². The van der Waals surface area contributed by atoms with Crippen molar-refractivity contribution in [3.63, 3.8) is 0 Å². The standard InChI is InChI=1S/C22H31NO3/c1-4-15(2)7-8-26-21-6-5-17-10-19(16(3)9-18(17)11-21)12-23-13-20(14-23)22(24)25/h5-6,10-11,15-16,20H,4,7-9,12-14H2,1-3H3,(H,24,25)/t15?,16-/m1/s1. The van der Waals surface area contributed by atoms with Crippen LogP contribution < -0.4 is 4.74 Å². The smallest absolute Gasteiger partial charge is 0.309 e. The molecule has 0 saturated carbocycles. The highest BCUT2D eigenvalue weighted by atomic mass is 16.5. The lowest BCUT2D eigenvalue weighted by Crippen LogP contribution is -2.51. The van der Waals surface area contributed by atoms with Crippen LogP contribution >= 0.6 is 0 Å². The minimum absolute atomic E-state index is 0.183. The summed E-state index contributed by atoms with van der Waals surface area (Å²) in [5.74, 6) is 1.32. The molecule has 142 valence electrons. The second kappa shape index (κ2) is 8.26. The van der Waals surface area contributed by atoms with Crippen molar-refractivity contribution >= 4 is 12.0 Å². The summed E-state index contributed by atoms with van der Waals surface area (Å²) >= 11 is 0. The zero-order valence-corrected chi connectivity index (χ0v) is 16.2. The summed E-state index contributed by atoms with van der Waals surface area (Å²) in [6, 6.07) is 6.43. The molecule has 1 aromatic carbocycles. The Bertz CT molecular complexity index is 676. The first kappa shape index (κ1) is 19.0. The largest absolute Gasteiger partial charge is 0.494 e. The Labute approximate surface area is 156 Å². The van der Waals surface area contributed by atoms with Gasteiger partial charge in [-0.3, -0.25) is 9.69 Å². The van der Waals surface area contributed by atoms with E-state index in [2.05, 4.69) is 49.9 Å². The number of aliphatic carboxylic acids is 1. The van der Waals surface area contributed by atoms with Gasteiger partial charge in [0.25, 0.3) is 0 Å². The maximum absolute atomic E-state index is 11.0. The van der Waals surface area contributed by atoms with Crippen LogP contribution in [0.25, 0.3) is 6.08 Å². The molecule has 1 N–H and O–H groups in total. The number of ether oxygens (including phenoxy) is 1. The van der Waals surface area contributed by atoms with Crippen LogP contribution in [-0.4, -0.2) is 42.2 Å². The molecule has 2 aliphatic rings. The molecule has 4 nitrogen and oxygen atoms in total. The fraction of sp³-hybridized carbons (Fsp3) is 0.591. The number of carboxylic acids is 1. The summed E-state index contributed by atoms with van der Waals surface area (Å²) in [4.78, 5) is 13.2. The van der Waals surface area contributed by atoms with E-state index in [1.807, 2.05) is 0 Å². The van der Waals surface area contributed by atoms with Crippen LogP contribution in [-0.2, 0) is 11.2 Å². The fourth-order valence-electron chi connectivity index (χ4n) is 3.69. The SMILES string of the molecule is CCC(C)CCOc1ccc2c(c1)C[C@@H](C)C(CN1CC(C(=O)O)C1)=C2. The van der Waals surface area contributed by atoms with E-state index in [0.29, 0.717) is 24.9 Å². The Kier molecular flexibility index (Phi) is 6.02. The van der Waals surface area contributed by atoms with Gasteiger partial charge in [-0.15, -0.1) is 0 Å². The van der Waals surface area contributed by atoms with Crippen molar-refractivity contribution in [2.24, 2.45) is 17.8 Å². The molecule has 1 aromatic rings. The summed E-state index contributed by atoms with van der Waals surface area (Å²) in [6.07, 6.45) is 5.62. The third-order valence-corrected chi connectivity index (χ3v) is 5.90. The summed E-state index contributed by atoms with van der Waals surface area (Å²) in [5.41, 5.74) is 4.05. The summed E-state index contributed by atoms with van der Waals surface area (Å²) < 4.78 is 5.95. The van der Waals surface area contributed by atoms with Gasteiger partial charge in [-0.25, -0.2) is 0 Å². The van der Waals surface area contributed by atoms with E-state index >= 15 is 0 Å². The molecule has 0 radical (unpaired) electrons. The van der Waals surface area contributed by atoms with Crippen molar-refractivity contribution < 1.29 is 14.6 Å². The molecule has 4 heteroatoms. The van der Waals surface area contributed by atoms with Crippen molar-refractivity contribution in [1.29, 1.82) is 0 Å². The van der Waals surface area contributed by atoms with E-state index in [1.54, 1.807) is 0 Å². The molecule has 1 saturated heterocycles. The number of carbonyl (C=O) groups is 1. The first-order chi connectivity index (χ1) is 12.5. The first-order valence-corrected chi connectivity index (χ1v) is 9.87. The summed E-state index contributed by atoms with van der Waals surface area (Å²) in [6.45, 7) is 9.77. The van der Waals surface area contributed by atoms with Crippen molar-refractivity contribution in [3.05, 3.63) is 34.9 Å². The average Bonchev–Trinajstić information content (AvgIpc) is 2.57. The maximum Gasteiger partial charge on any atom is 0.309 e. The first-order valence-electron chi connectivity index (χ1n) is 9.87. The van der Waals surface area contributed by atoms with Gasteiger partial charge in [0.2, 0.25) is 0 Å².